The standard InChI is InChI=1S/C18H18FN5O3/c19-13-5-1-4-12(10-13)16(25)22-23-18(27)24-9-3-7-15(24)17(26)21-14-6-2-8-20-11-14/h1-2,4-6,8,10-11,15H,3,7,9H2,(H,21,26)(H,22,25)(H,23,27). The van der Waals surface area contributed by atoms with E-state index in [2.05, 4.69) is 21.2 Å². The van der Waals surface area contributed by atoms with E-state index in [0.29, 0.717) is 25.1 Å². The summed E-state index contributed by atoms with van der Waals surface area (Å²) in [6.07, 6.45) is 4.27. The number of hydrogen-bond acceptors (Lipinski definition) is 4. The molecule has 9 heteroatoms. The van der Waals surface area contributed by atoms with Crippen molar-refractivity contribution in [2.24, 2.45) is 0 Å². The molecular formula is C18H18FN5O3. The smallest absolute Gasteiger partial charge is 0.323 e. The van der Waals surface area contributed by atoms with E-state index in [1.165, 1.54) is 29.3 Å². The number of rotatable bonds is 3. The lowest BCUT2D eigenvalue weighted by Crippen LogP contribution is -2.52. The Morgan fingerprint density at radius 3 is 2.74 bits per heavy atom. The van der Waals surface area contributed by atoms with E-state index in [4.69, 9.17) is 0 Å². The molecule has 1 aromatic heterocycles. The number of halogens is 1. The first kappa shape index (κ1) is 18.3. The summed E-state index contributed by atoms with van der Waals surface area (Å²) in [6, 6.07) is 7.21. The number of likely N-dealkylation sites (tertiary alicyclic amines) is 1. The molecule has 0 bridgehead atoms. The molecule has 3 rings (SSSR count). The van der Waals surface area contributed by atoms with Crippen molar-refractivity contribution in [3.8, 4) is 0 Å². The fourth-order valence-corrected chi connectivity index (χ4v) is 2.83. The minimum atomic E-state index is -0.656. The molecule has 2 heterocycles. The van der Waals surface area contributed by atoms with Crippen LogP contribution in [0.25, 0.3) is 0 Å². The average molecular weight is 371 g/mol. The van der Waals surface area contributed by atoms with Gasteiger partial charge < -0.3 is 10.2 Å². The molecule has 0 aliphatic carbocycles. The number of anilines is 1. The molecule has 0 radical (unpaired) electrons. The number of nitrogens with one attached hydrogen (secondary N) is 3. The lowest BCUT2D eigenvalue weighted by atomic mass is 10.2. The van der Waals surface area contributed by atoms with Gasteiger partial charge in [-0.3, -0.25) is 20.0 Å². The summed E-state index contributed by atoms with van der Waals surface area (Å²) >= 11 is 0. The average Bonchev–Trinajstić information content (AvgIpc) is 3.17. The van der Waals surface area contributed by atoms with Crippen LogP contribution in [0.15, 0.2) is 48.8 Å². The van der Waals surface area contributed by atoms with Crippen LogP contribution in [0.5, 0.6) is 0 Å². The number of benzene rings is 1. The highest BCUT2D eigenvalue weighted by Gasteiger charge is 2.34. The number of hydrogen-bond donors (Lipinski definition) is 3. The fraction of sp³-hybridized carbons (Fsp3) is 0.222. The molecule has 8 nitrogen and oxygen atoms in total. The number of carbonyl (C=O) groups is 3. The Hall–Kier alpha value is -3.49. The number of nitrogens with zero attached hydrogens (tertiary/aromatic N) is 2. The van der Waals surface area contributed by atoms with E-state index in [0.717, 1.165) is 6.07 Å². The lowest BCUT2D eigenvalue weighted by molar-refractivity contribution is -0.119. The van der Waals surface area contributed by atoms with E-state index < -0.39 is 23.8 Å². The van der Waals surface area contributed by atoms with Gasteiger partial charge >= 0.3 is 6.03 Å². The minimum Gasteiger partial charge on any atom is -0.323 e. The van der Waals surface area contributed by atoms with Gasteiger partial charge in [-0.1, -0.05) is 6.07 Å². The maximum atomic E-state index is 13.2. The van der Waals surface area contributed by atoms with E-state index in [1.807, 2.05) is 0 Å². The van der Waals surface area contributed by atoms with Gasteiger partial charge in [-0.25, -0.2) is 14.6 Å². The van der Waals surface area contributed by atoms with Crippen LogP contribution in [0.2, 0.25) is 0 Å². The Morgan fingerprint density at radius 1 is 1.15 bits per heavy atom. The third-order valence-corrected chi connectivity index (χ3v) is 4.12. The summed E-state index contributed by atoms with van der Waals surface area (Å²) in [5.74, 6) is -1.54. The van der Waals surface area contributed by atoms with Crippen LogP contribution < -0.4 is 16.2 Å². The molecule has 27 heavy (non-hydrogen) atoms. The Bertz CT molecular complexity index is 846. The molecule has 3 N–H and O–H groups in total. The molecule has 1 saturated heterocycles. The highest BCUT2D eigenvalue weighted by atomic mass is 19.1. The predicted molar refractivity (Wildman–Crippen MR) is 95.0 cm³/mol. The number of aromatic nitrogens is 1. The van der Waals surface area contributed by atoms with Gasteiger partial charge in [0.2, 0.25) is 5.91 Å². The van der Waals surface area contributed by atoms with Crippen molar-refractivity contribution in [3.63, 3.8) is 0 Å². The van der Waals surface area contributed by atoms with Crippen molar-refractivity contribution in [2.45, 2.75) is 18.9 Å². The number of amides is 4. The van der Waals surface area contributed by atoms with Crippen molar-refractivity contribution < 1.29 is 18.8 Å². The lowest BCUT2D eigenvalue weighted by Gasteiger charge is -2.24. The summed E-state index contributed by atoms with van der Waals surface area (Å²) in [6.45, 7) is 0.382. The molecule has 1 fully saturated rings. The fourth-order valence-electron chi connectivity index (χ4n) is 2.83. The molecular weight excluding hydrogens is 353 g/mol. The molecule has 2 aromatic rings. The van der Waals surface area contributed by atoms with Gasteiger partial charge in [-0.15, -0.1) is 0 Å². The van der Waals surface area contributed by atoms with Crippen molar-refractivity contribution >= 4 is 23.5 Å². The van der Waals surface area contributed by atoms with E-state index in [1.54, 1.807) is 18.3 Å². The second kappa shape index (κ2) is 8.26. The zero-order valence-electron chi connectivity index (χ0n) is 14.3. The summed E-state index contributed by atoms with van der Waals surface area (Å²) in [7, 11) is 0. The van der Waals surface area contributed by atoms with Crippen LogP contribution in [0, 0.1) is 5.82 Å². The normalized spacial score (nSPS) is 15.9. The SMILES string of the molecule is O=C(NNC(=O)N1CCCC1C(=O)Nc1cccnc1)c1cccc(F)c1. The van der Waals surface area contributed by atoms with E-state index in [9.17, 15) is 18.8 Å². The molecule has 4 amide bonds. The second-order valence-electron chi connectivity index (χ2n) is 5.98. The van der Waals surface area contributed by atoms with Gasteiger partial charge in [0.1, 0.15) is 11.9 Å². The van der Waals surface area contributed by atoms with Gasteiger partial charge in [0, 0.05) is 18.3 Å². The Kier molecular flexibility index (Phi) is 5.60. The highest BCUT2D eigenvalue weighted by molar-refractivity contribution is 5.98. The van der Waals surface area contributed by atoms with Crippen LogP contribution in [0.3, 0.4) is 0 Å². The third kappa shape index (κ3) is 4.57. The van der Waals surface area contributed by atoms with Crippen LogP contribution in [-0.2, 0) is 4.79 Å². The van der Waals surface area contributed by atoms with Crippen LogP contribution in [0.1, 0.15) is 23.2 Å². The Labute approximate surface area is 154 Å². The molecule has 1 aromatic carbocycles. The van der Waals surface area contributed by atoms with Gasteiger partial charge in [0.05, 0.1) is 11.9 Å². The Morgan fingerprint density at radius 2 is 2.00 bits per heavy atom. The zero-order valence-corrected chi connectivity index (χ0v) is 14.3. The van der Waals surface area contributed by atoms with Crippen LogP contribution >= 0.6 is 0 Å². The van der Waals surface area contributed by atoms with E-state index >= 15 is 0 Å². The van der Waals surface area contributed by atoms with Gasteiger partial charge in [0.15, 0.2) is 0 Å². The minimum absolute atomic E-state index is 0.0718. The summed E-state index contributed by atoms with van der Waals surface area (Å²) in [5.41, 5.74) is 5.10. The number of hydrazine groups is 1. The van der Waals surface area contributed by atoms with Gasteiger partial charge in [0.25, 0.3) is 5.91 Å². The predicted octanol–water partition coefficient (Wildman–Crippen LogP) is 1.68. The number of pyridine rings is 1. The Balaban J connectivity index is 1.57. The zero-order chi connectivity index (χ0) is 19.2. The summed E-state index contributed by atoms with van der Waals surface area (Å²) in [4.78, 5) is 42.0. The van der Waals surface area contributed by atoms with Crippen molar-refractivity contribution in [2.75, 3.05) is 11.9 Å². The first-order valence-corrected chi connectivity index (χ1v) is 8.38. The van der Waals surface area contributed by atoms with Crippen LogP contribution in [-0.4, -0.2) is 40.3 Å². The number of urea groups is 1. The molecule has 1 aliphatic heterocycles. The van der Waals surface area contributed by atoms with Crippen LogP contribution in [0.4, 0.5) is 14.9 Å². The highest BCUT2D eigenvalue weighted by Crippen LogP contribution is 2.19. The molecule has 0 saturated carbocycles. The quantitative estimate of drug-likeness (QED) is 0.714. The summed E-state index contributed by atoms with van der Waals surface area (Å²) < 4.78 is 13.2. The third-order valence-electron chi connectivity index (χ3n) is 4.12. The second-order valence-corrected chi connectivity index (χ2v) is 5.98. The summed E-state index contributed by atoms with van der Waals surface area (Å²) in [5, 5.41) is 2.71. The van der Waals surface area contributed by atoms with Crippen molar-refractivity contribution in [1.82, 2.24) is 20.7 Å². The largest absolute Gasteiger partial charge is 0.336 e. The maximum absolute atomic E-state index is 13.2. The molecule has 1 atom stereocenters. The first-order chi connectivity index (χ1) is 13.0. The topological polar surface area (TPSA) is 103 Å². The monoisotopic (exact) mass is 371 g/mol. The molecule has 0 spiro atoms. The van der Waals surface area contributed by atoms with Gasteiger partial charge in [-0.05, 0) is 43.2 Å². The molecule has 1 aliphatic rings. The maximum Gasteiger partial charge on any atom is 0.336 e. The van der Waals surface area contributed by atoms with E-state index in [-0.39, 0.29) is 11.5 Å². The molecule has 1 unspecified atom stereocenters. The van der Waals surface area contributed by atoms with Crippen molar-refractivity contribution in [1.29, 1.82) is 0 Å². The van der Waals surface area contributed by atoms with Crippen molar-refractivity contribution in [3.05, 3.63) is 60.2 Å². The van der Waals surface area contributed by atoms with Gasteiger partial charge in [-0.2, -0.15) is 0 Å². The first-order valence-electron chi connectivity index (χ1n) is 8.38. The molecule has 140 valence electrons. The number of carbonyl (C=O) groups excluding carboxylic acids is 3.